The van der Waals surface area contributed by atoms with Crippen LogP contribution >= 0.6 is 15.9 Å². The first-order chi connectivity index (χ1) is 9.66. The van der Waals surface area contributed by atoms with Crippen LogP contribution in [0.5, 0.6) is 0 Å². The fourth-order valence-corrected chi connectivity index (χ4v) is 3.02. The molecule has 0 aliphatic rings. The molecule has 0 amide bonds. The minimum Gasteiger partial charge on any atom is -0.324 e. The van der Waals surface area contributed by atoms with Gasteiger partial charge in [-0.05, 0) is 34.0 Å². The van der Waals surface area contributed by atoms with Crippen LogP contribution in [0.15, 0.2) is 22.7 Å². The Kier molecular flexibility index (Phi) is 9.12. The van der Waals surface area contributed by atoms with Crippen molar-refractivity contribution in [3.8, 4) is 0 Å². The van der Waals surface area contributed by atoms with Crippen LogP contribution in [0, 0.1) is 5.82 Å². The lowest BCUT2D eigenvalue weighted by Gasteiger charge is -2.14. The lowest BCUT2D eigenvalue weighted by molar-refractivity contribution is 0.532. The van der Waals surface area contributed by atoms with Gasteiger partial charge in [0.1, 0.15) is 5.82 Å². The van der Waals surface area contributed by atoms with Crippen LogP contribution in [0.4, 0.5) is 4.39 Å². The molecular formula is C17H27BrFN. The molecule has 0 saturated heterocycles. The molecule has 0 bridgehead atoms. The van der Waals surface area contributed by atoms with Gasteiger partial charge in [0.25, 0.3) is 0 Å². The highest BCUT2D eigenvalue weighted by molar-refractivity contribution is 9.10. The van der Waals surface area contributed by atoms with Gasteiger partial charge in [0.15, 0.2) is 0 Å². The zero-order valence-electron chi connectivity index (χ0n) is 12.5. The molecule has 1 atom stereocenters. The van der Waals surface area contributed by atoms with Gasteiger partial charge in [0.05, 0.1) is 4.47 Å². The first-order valence-corrected chi connectivity index (χ1v) is 8.65. The van der Waals surface area contributed by atoms with Crippen molar-refractivity contribution in [2.75, 3.05) is 0 Å². The standard InChI is InChI=1S/C17H27BrFN/c1-2-3-4-5-6-7-8-9-13-16(20)14-11-10-12-15(19)17(14)18/h10-12,16H,2-9,13,20H2,1H3. The molecule has 2 N–H and O–H groups in total. The Hall–Kier alpha value is -0.410. The summed E-state index contributed by atoms with van der Waals surface area (Å²) in [6, 6.07) is 5.02. The van der Waals surface area contributed by atoms with Gasteiger partial charge >= 0.3 is 0 Å². The summed E-state index contributed by atoms with van der Waals surface area (Å²) in [7, 11) is 0. The molecule has 0 radical (unpaired) electrons. The summed E-state index contributed by atoms with van der Waals surface area (Å²) in [5.74, 6) is -0.228. The molecule has 0 saturated carbocycles. The number of rotatable bonds is 10. The third-order valence-electron chi connectivity index (χ3n) is 3.75. The van der Waals surface area contributed by atoms with Crippen molar-refractivity contribution in [3.63, 3.8) is 0 Å². The van der Waals surface area contributed by atoms with E-state index in [0.717, 1.165) is 18.4 Å². The number of hydrogen-bond acceptors (Lipinski definition) is 1. The Morgan fingerprint density at radius 3 is 2.30 bits per heavy atom. The van der Waals surface area contributed by atoms with Crippen LogP contribution in [0.1, 0.15) is 76.3 Å². The van der Waals surface area contributed by atoms with E-state index in [1.807, 2.05) is 6.07 Å². The number of nitrogens with two attached hydrogens (primary N) is 1. The molecule has 1 unspecified atom stereocenters. The molecule has 0 fully saturated rings. The fraction of sp³-hybridized carbons (Fsp3) is 0.647. The van der Waals surface area contributed by atoms with Crippen molar-refractivity contribution in [3.05, 3.63) is 34.1 Å². The van der Waals surface area contributed by atoms with E-state index in [2.05, 4.69) is 22.9 Å². The van der Waals surface area contributed by atoms with E-state index < -0.39 is 0 Å². The Morgan fingerprint density at radius 1 is 1.05 bits per heavy atom. The van der Waals surface area contributed by atoms with Crippen molar-refractivity contribution in [1.82, 2.24) is 0 Å². The van der Waals surface area contributed by atoms with Gasteiger partial charge in [-0.2, -0.15) is 0 Å². The summed E-state index contributed by atoms with van der Waals surface area (Å²) in [6.45, 7) is 2.24. The lowest BCUT2D eigenvalue weighted by atomic mass is 10.00. The highest BCUT2D eigenvalue weighted by Crippen LogP contribution is 2.27. The summed E-state index contributed by atoms with van der Waals surface area (Å²) in [5, 5.41) is 0. The second kappa shape index (κ2) is 10.3. The van der Waals surface area contributed by atoms with Gasteiger partial charge in [0, 0.05) is 6.04 Å². The quantitative estimate of drug-likeness (QED) is 0.509. The van der Waals surface area contributed by atoms with Gasteiger partial charge in [-0.15, -0.1) is 0 Å². The maximum Gasteiger partial charge on any atom is 0.137 e. The van der Waals surface area contributed by atoms with Gasteiger partial charge in [-0.25, -0.2) is 4.39 Å². The van der Waals surface area contributed by atoms with Gasteiger partial charge in [0.2, 0.25) is 0 Å². The highest BCUT2D eigenvalue weighted by atomic mass is 79.9. The number of hydrogen-bond donors (Lipinski definition) is 1. The highest BCUT2D eigenvalue weighted by Gasteiger charge is 2.12. The average Bonchev–Trinajstić information content (AvgIpc) is 2.44. The Labute approximate surface area is 131 Å². The Bertz CT molecular complexity index is 381. The molecule has 0 spiro atoms. The summed E-state index contributed by atoms with van der Waals surface area (Å²) >= 11 is 3.28. The minimum atomic E-state index is -0.228. The van der Waals surface area contributed by atoms with E-state index in [1.54, 1.807) is 6.07 Å². The number of unbranched alkanes of at least 4 members (excludes halogenated alkanes) is 7. The Morgan fingerprint density at radius 2 is 1.65 bits per heavy atom. The predicted octanol–water partition coefficient (Wildman–Crippen LogP) is 6.12. The zero-order valence-corrected chi connectivity index (χ0v) is 14.1. The van der Waals surface area contributed by atoms with Crippen LogP contribution in [0.3, 0.4) is 0 Å². The Balaban J connectivity index is 2.17. The second-order valence-corrected chi connectivity index (χ2v) is 6.31. The summed E-state index contributed by atoms with van der Waals surface area (Å²) in [6.07, 6.45) is 11.3. The van der Waals surface area contributed by atoms with Crippen LogP contribution < -0.4 is 5.73 Å². The normalized spacial score (nSPS) is 12.6. The molecule has 3 heteroatoms. The molecule has 1 aromatic carbocycles. The maximum atomic E-state index is 13.4. The topological polar surface area (TPSA) is 26.0 Å². The van der Waals surface area contributed by atoms with Crippen LogP contribution in [-0.2, 0) is 0 Å². The molecule has 114 valence electrons. The van der Waals surface area contributed by atoms with Crippen LogP contribution in [0.25, 0.3) is 0 Å². The molecule has 1 nitrogen and oxygen atoms in total. The monoisotopic (exact) mass is 343 g/mol. The van der Waals surface area contributed by atoms with Crippen molar-refractivity contribution in [1.29, 1.82) is 0 Å². The molecule has 0 heterocycles. The summed E-state index contributed by atoms with van der Waals surface area (Å²) < 4.78 is 13.9. The van der Waals surface area contributed by atoms with E-state index in [9.17, 15) is 4.39 Å². The predicted molar refractivity (Wildman–Crippen MR) is 88.3 cm³/mol. The molecule has 1 rings (SSSR count). The van der Waals surface area contributed by atoms with E-state index in [1.165, 1.54) is 51.0 Å². The molecular weight excluding hydrogens is 317 g/mol. The van der Waals surface area contributed by atoms with Crippen LogP contribution in [-0.4, -0.2) is 0 Å². The average molecular weight is 344 g/mol. The first-order valence-electron chi connectivity index (χ1n) is 7.86. The van der Waals surface area contributed by atoms with Gasteiger partial charge < -0.3 is 5.73 Å². The molecule has 1 aromatic rings. The zero-order chi connectivity index (χ0) is 14.8. The number of halogens is 2. The van der Waals surface area contributed by atoms with Crippen LogP contribution in [0.2, 0.25) is 0 Å². The number of benzene rings is 1. The third kappa shape index (κ3) is 6.36. The fourth-order valence-electron chi connectivity index (χ4n) is 2.46. The third-order valence-corrected chi connectivity index (χ3v) is 4.59. The van der Waals surface area contributed by atoms with Gasteiger partial charge in [-0.1, -0.05) is 70.4 Å². The SMILES string of the molecule is CCCCCCCCCCC(N)c1cccc(F)c1Br. The molecule has 0 aliphatic heterocycles. The van der Waals surface area contributed by atoms with E-state index >= 15 is 0 Å². The first kappa shape index (κ1) is 17.6. The smallest absolute Gasteiger partial charge is 0.137 e. The van der Waals surface area contributed by atoms with E-state index in [0.29, 0.717) is 4.47 Å². The molecule has 20 heavy (non-hydrogen) atoms. The van der Waals surface area contributed by atoms with Crippen molar-refractivity contribution >= 4 is 15.9 Å². The summed E-state index contributed by atoms with van der Waals surface area (Å²) in [4.78, 5) is 0. The largest absolute Gasteiger partial charge is 0.324 e. The molecule has 0 aromatic heterocycles. The summed E-state index contributed by atoms with van der Waals surface area (Å²) in [5.41, 5.74) is 7.03. The van der Waals surface area contributed by atoms with E-state index in [4.69, 9.17) is 5.73 Å². The molecule has 0 aliphatic carbocycles. The van der Waals surface area contributed by atoms with Crippen molar-refractivity contribution in [2.45, 2.75) is 70.8 Å². The second-order valence-electron chi connectivity index (χ2n) is 5.51. The van der Waals surface area contributed by atoms with Crippen molar-refractivity contribution in [2.24, 2.45) is 5.73 Å². The van der Waals surface area contributed by atoms with Gasteiger partial charge in [-0.3, -0.25) is 0 Å². The lowest BCUT2D eigenvalue weighted by Crippen LogP contribution is -2.11. The van der Waals surface area contributed by atoms with E-state index in [-0.39, 0.29) is 11.9 Å². The maximum absolute atomic E-state index is 13.4. The van der Waals surface area contributed by atoms with Crippen molar-refractivity contribution < 1.29 is 4.39 Å². The minimum absolute atomic E-state index is 0.0693.